The van der Waals surface area contributed by atoms with Crippen molar-refractivity contribution in [3.05, 3.63) is 0 Å². The molecular weight excluding hydrogens is 612 g/mol. The molecule has 0 aromatic heterocycles. The molecule has 19 nitrogen and oxygen atoms in total. The maximum absolute atomic E-state index is 11.7. The fourth-order valence-corrected chi connectivity index (χ4v) is 5.14. The minimum atomic E-state index is -1.00. The molecule has 264 valence electrons. The highest BCUT2D eigenvalue weighted by molar-refractivity contribution is 5.78. The van der Waals surface area contributed by atoms with Crippen LogP contribution in [0.3, 0.4) is 0 Å². The van der Waals surface area contributed by atoms with Gasteiger partial charge in [-0.1, -0.05) is 0 Å². The van der Waals surface area contributed by atoms with Crippen LogP contribution in [0.5, 0.6) is 0 Å². The van der Waals surface area contributed by atoms with E-state index in [0.717, 1.165) is 0 Å². The van der Waals surface area contributed by atoms with Crippen molar-refractivity contribution >= 4 is 35.8 Å². The van der Waals surface area contributed by atoms with Crippen LogP contribution in [-0.2, 0) is 28.8 Å². The van der Waals surface area contributed by atoms with Crippen LogP contribution in [0.15, 0.2) is 0 Å². The van der Waals surface area contributed by atoms with Crippen molar-refractivity contribution in [1.82, 2.24) is 34.7 Å². The van der Waals surface area contributed by atoms with Gasteiger partial charge in [0.05, 0.1) is 39.3 Å². The van der Waals surface area contributed by atoms with Gasteiger partial charge in [-0.2, -0.15) is 0 Å². The van der Waals surface area contributed by atoms with E-state index in [1.165, 1.54) is 0 Å². The molecule has 0 bridgehead atoms. The summed E-state index contributed by atoms with van der Waals surface area (Å²) < 4.78 is 0. The normalized spacial score (nSPS) is 20.3. The molecule has 2 fully saturated rings. The van der Waals surface area contributed by atoms with Gasteiger partial charge in [0.1, 0.15) is 0 Å². The van der Waals surface area contributed by atoms with Gasteiger partial charge >= 0.3 is 29.8 Å². The molecule has 1 amide bonds. The topological polar surface area (TPSA) is 261 Å². The minimum Gasteiger partial charge on any atom is -0.480 e. The van der Waals surface area contributed by atoms with E-state index in [2.05, 4.69) is 5.32 Å². The highest BCUT2D eigenvalue weighted by atomic mass is 16.4. The van der Waals surface area contributed by atoms with Crippen molar-refractivity contribution < 1.29 is 54.3 Å². The Morgan fingerprint density at radius 3 is 1.22 bits per heavy atom. The maximum Gasteiger partial charge on any atom is 0.317 e. The van der Waals surface area contributed by atoms with Gasteiger partial charge in [0.2, 0.25) is 5.91 Å². The molecular formula is C27H50N8O11. The second-order valence-corrected chi connectivity index (χ2v) is 11.1. The first-order chi connectivity index (χ1) is 21.7. The molecule has 19 heteroatoms. The van der Waals surface area contributed by atoms with Crippen molar-refractivity contribution in [3.8, 4) is 0 Å². The van der Waals surface area contributed by atoms with Crippen molar-refractivity contribution in [3.63, 3.8) is 0 Å². The lowest BCUT2D eigenvalue weighted by molar-refractivity contribution is -0.140. The zero-order valence-electron chi connectivity index (χ0n) is 26.5. The summed E-state index contributed by atoms with van der Waals surface area (Å²) in [5.74, 6) is -4.88. The average molecular weight is 663 g/mol. The number of nitrogens with two attached hydrogens (primary N) is 1. The van der Waals surface area contributed by atoms with Crippen LogP contribution >= 0.6 is 0 Å². The smallest absolute Gasteiger partial charge is 0.317 e. The second kappa shape index (κ2) is 22.1. The van der Waals surface area contributed by atoms with Gasteiger partial charge < -0.3 is 36.6 Å². The molecule has 8 N–H and O–H groups in total. The molecule has 2 aliphatic heterocycles. The third-order valence-electron chi connectivity index (χ3n) is 7.41. The number of hydrogen-bond acceptors (Lipinski definition) is 13. The fraction of sp³-hybridized carbons (Fsp3) is 0.778. The summed E-state index contributed by atoms with van der Waals surface area (Å²) in [5, 5.41) is 47.6. The summed E-state index contributed by atoms with van der Waals surface area (Å²) in [6, 6.07) is -0.296. The number of carbonyl (C=O) groups is 6. The summed E-state index contributed by atoms with van der Waals surface area (Å²) >= 11 is 0. The third kappa shape index (κ3) is 18.5. The van der Waals surface area contributed by atoms with Crippen LogP contribution in [0.2, 0.25) is 0 Å². The molecule has 0 aromatic carbocycles. The van der Waals surface area contributed by atoms with Crippen LogP contribution in [0.1, 0.15) is 6.92 Å². The van der Waals surface area contributed by atoms with Gasteiger partial charge in [0.25, 0.3) is 0 Å². The first-order valence-electron chi connectivity index (χ1n) is 15.1. The maximum atomic E-state index is 11.7. The highest BCUT2D eigenvalue weighted by Crippen LogP contribution is 2.07. The minimum absolute atomic E-state index is 0.0821. The SMILES string of the molecule is CCNC(=O)CN1CCN(CC(=O)O)CCN(CC(=O)O)CC1.NCC1CN(CC(=O)O)CCN(CC(=O)O)CCN1CC(=O)O. The first-order valence-corrected chi connectivity index (χ1v) is 15.1. The molecule has 0 saturated carbocycles. The van der Waals surface area contributed by atoms with E-state index in [9.17, 15) is 28.8 Å². The van der Waals surface area contributed by atoms with Crippen LogP contribution in [0.25, 0.3) is 0 Å². The molecule has 2 aliphatic rings. The number of amides is 1. The van der Waals surface area contributed by atoms with Gasteiger partial charge in [0.15, 0.2) is 0 Å². The second-order valence-electron chi connectivity index (χ2n) is 11.1. The Bertz CT molecular complexity index is 977. The van der Waals surface area contributed by atoms with E-state index in [1.807, 2.05) is 11.8 Å². The van der Waals surface area contributed by atoms with E-state index in [-0.39, 0.29) is 57.8 Å². The Labute approximate surface area is 268 Å². The van der Waals surface area contributed by atoms with Crippen LogP contribution in [0.4, 0.5) is 0 Å². The lowest BCUT2D eigenvalue weighted by atomic mass is 10.2. The van der Waals surface area contributed by atoms with Crippen LogP contribution in [-0.4, -0.2) is 221 Å². The van der Waals surface area contributed by atoms with E-state index in [0.29, 0.717) is 78.5 Å². The molecule has 2 rings (SSSR count). The van der Waals surface area contributed by atoms with Crippen LogP contribution in [0, 0.1) is 0 Å². The average Bonchev–Trinajstić information content (AvgIpc) is 3.07. The molecule has 1 atom stereocenters. The molecule has 0 spiro atoms. The number of carboxylic acids is 5. The largest absolute Gasteiger partial charge is 0.480 e. The summed E-state index contributed by atoms with van der Waals surface area (Å²) in [4.78, 5) is 77.0. The molecule has 0 radical (unpaired) electrons. The quantitative estimate of drug-likeness (QED) is 0.0927. The Hall–Kier alpha value is -3.46. The zero-order valence-corrected chi connectivity index (χ0v) is 26.5. The van der Waals surface area contributed by atoms with E-state index in [4.69, 9.17) is 31.3 Å². The standard InChI is InChI=1S/C14H26N4O5.C13H24N4O6/c1-2-15-12(19)9-16-3-5-17(10-13(20)21)7-8-18(6-4-16)11-14(22)23;14-5-10-6-16(8-12(20)21)2-1-15(7-11(18)19)3-4-17(10)9-13(22)23/h2-11H2,1H3,(H,15,19)(H,20,21)(H,22,23);10H,1-9,14H2,(H,18,19)(H,20,21)(H,22,23). The molecule has 2 saturated heterocycles. The Balaban J connectivity index is 0.000000460. The lowest BCUT2D eigenvalue weighted by Gasteiger charge is -2.32. The summed E-state index contributed by atoms with van der Waals surface area (Å²) in [6.45, 7) is 7.15. The highest BCUT2D eigenvalue weighted by Gasteiger charge is 2.27. The number of nitrogens with one attached hydrogen (secondary N) is 1. The van der Waals surface area contributed by atoms with Gasteiger partial charge in [-0.3, -0.25) is 58.2 Å². The van der Waals surface area contributed by atoms with E-state index >= 15 is 0 Å². The van der Waals surface area contributed by atoms with Gasteiger partial charge in [-0.15, -0.1) is 0 Å². The van der Waals surface area contributed by atoms with Crippen molar-refractivity contribution in [2.24, 2.45) is 5.73 Å². The number of rotatable bonds is 14. The molecule has 46 heavy (non-hydrogen) atoms. The van der Waals surface area contributed by atoms with Crippen molar-refractivity contribution in [2.75, 3.05) is 124 Å². The summed E-state index contributed by atoms with van der Waals surface area (Å²) in [5.41, 5.74) is 5.73. The number of aliphatic carboxylic acids is 5. The summed E-state index contributed by atoms with van der Waals surface area (Å²) in [6.07, 6.45) is 0. The number of nitrogens with zero attached hydrogens (tertiary/aromatic N) is 6. The first kappa shape index (κ1) is 40.6. The predicted octanol–water partition coefficient (Wildman–Crippen LogP) is -4.30. The zero-order chi connectivity index (χ0) is 34.6. The Morgan fingerprint density at radius 2 is 0.870 bits per heavy atom. The fourth-order valence-electron chi connectivity index (χ4n) is 5.14. The predicted molar refractivity (Wildman–Crippen MR) is 163 cm³/mol. The van der Waals surface area contributed by atoms with Gasteiger partial charge in [-0.05, 0) is 6.92 Å². The monoisotopic (exact) mass is 662 g/mol. The number of carbonyl (C=O) groups excluding carboxylic acids is 1. The van der Waals surface area contributed by atoms with Crippen LogP contribution < -0.4 is 11.1 Å². The molecule has 0 aliphatic carbocycles. The molecule has 1 unspecified atom stereocenters. The van der Waals surface area contributed by atoms with Crippen molar-refractivity contribution in [1.29, 1.82) is 0 Å². The number of carboxylic acid groups (broad SMARTS) is 5. The number of hydrogen-bond donors (Lipinski definition) is 7. The van der Waals surface area contributed by atoms with Crippen molar-refractivity contribution in [2.45, 2.75) is 13.0 Å². The van der Waals surface area contributed by atoms with E-state index < -0.39 is 29.8 Å². The third-order valence-corrected chi connectivity index (χ3v) is 7.41. The molecule has 2 heterocycles. The Morgan fingerprint density at radius 1 is 0.543 bits per heavy atom. The van der Waals surface area contributed by atoms with Gasteiger partial charge in [-0.25, -0.2) is 0 Å². The Kier molecular flexibility index (Phi) is 19.5. The van der Waals surface area contributed by atoms with E-state index in [1.54, 1.807) is 24.5 Å². The molecule has 0 aromatic rings. The van der Waals surface area contributed by atoms with Gasteiger partial charge in [0, 0.05) is 91.1 Å². The summed E-state index contributed by atoms with van der Waals surface area (Å²) in [7, 11) is 0. The number of likely N-dealkylation sites (N-methyl/N-ethyl adjacent to an activating group) is 1. The lowest BCUT2D eigenvalue weighted by Crippen LogP contribution is -2.51.